The molecule has 0 unspecified atom stereocenters. The molecule has 2 rings (SSSR count). The highest BCUT2D eigenvalue weighted by Gasteiger charge is 2.17. The van der Waals surface area contributed by atoms with Crippen molar-refractivity contribution in [2.75, 3.05) is 11.0 Å². The Morgan fingerprint density at radius 2 is 1.75 bits per heavy atom. The number of aryl methyl sites for hydroxylation is 1. The van der Waals surface area contributed by atoms with Crippen LogP contribution in [0.25, 0.3) is 0 Å². The molecule has 0 amide bonds. The van der Waals surface area contributed by atoms with Gasteiger partial charge in [0.25, 0.3) is 10.0 Å². The van der Waals surface area contributed by atoms with Crippen molar-refractivity contribution in [1.29, 1.82) is 0 Å². The van der Waals surface area contributed by atoms with E-state index in [4.69, 9.17) is 0 Å². The Kier molecular flexibility index (Phi) is 3.90. The van der Waals surface area contributed by atoms with Crippen LogP contribution in [0.1, 0.15) is 4.88 Å². The van der Waals surface area contributed by atoms with Crippen molar-refractivity contribution >= 4 is 36.9 Å². The lowest BCUT2D eigenvalue weighted by molar-refractivity contribution is 0.600. The standard InChI is InChI=1S/C12H13NO4S3/c1-9-6-7-12(18-9)20(16,17)13-10-4-3-5-11(8-10)19(2,14)15/h3-8,13H,1-2H3. The first-order valence-corrected chi connectivity index (χ1v) is 9.77. The van der Waals surface area contributed by atoms with Gasteiger partial charge in [0.05, 0.1) is 10.6 Å². The van der Waals surface area contributed by atoms with Crippen LogP contribution in [-0.4, -0.2) is 23.1 Å². The normalized spacial score (nSPS) is 12.3. The van der Waals surface area contributed by atoms with E-state index >= 15 is 0 Å². The van der Waals surface area contributed by atoms with Crippen LogP contribution in [0.15, 0.2) is 45.5 Å². The summed E-state index contributed by atoms with van der Waals surface area (Å²) >= 11 is 1.15. The lowest BCUT2D eigenvalue weighted by Gasteiger charge is -2.07. The zero-order valence-electron chi connectivity index (χ0n) is 10.8. The smallest absolute Gasteiger partial charge is 0.271 e. The molecule has 0 atom stereocenters. The van der Waals surface area contributed by atoms with Crippen LogP contribution < -0.4 is 4.72 Å². The van der Waals surface area contributed by atoms with Gasteiger partial charge in [-0.05, 0) is 37.3 Å². The lowest BCUT2D eigenvalue weighted by Crippen LogP contribution is -2.11. The molecule has 0 saturated heterocycles. The summed E-state index contributed by atoms with van der Waals surface area (Å²) in [6.45, 7) is 1.81. The van der Waals surface area contributed by atoms with E-state index in [0.29, 0.717) is 0 Å². The Bertz CT molecular complexity index is 835. The van der Waals surface area contributed by atoms with Gasteiger partial charge in [0.1, 0.15) is 4.21 Å². The first-order valence-electron chi connectivity index (χ1n) is 5.58. The molecule has 108 valence electrons. The van der Waals surface area contributed by atoms with Crippen molar-refractivity contribution < 1.29 is 16.8 Å². The molecule has 2 aromatic rings. The molecule has 0 aliphatic carbocycles. The van der Waals surface area contributed by atoms with Crippen molar-refractivity contribution in [3.63, 3.8) is 0 Å². The summed E-state index contributed by atoms with van der Waals surface area (Å²) in [5.74, 6) is 0. The largest absolute Gasteiger partial charge is 0.279 e. The minimum Gasteiger partial charge on any atom is -0.279 e. The number of thiophene rings is 1. The number of hydrogen-bond donors (Lipinski definition) is 1. The van der Waals surface area contributed by atoms with Gasteiger partial charge >= 0.3 is 0 Å². The van der Waals surface area contributed by atoms with Gasteiger partial charge in [-0.15, -0.1) is 11.3 Å². The number of anilines is 1. The second-order valence-corrected chi connectivity index (χ2v) is 9.48. The number of nitrogens with one attached hydrogen (secondary N) is 1. The van der Waals surface area contributed by atoms with Crippen molar-refractivity contribution in [3.05, 3.63) is 41.3 Å². The highest BCUT2D eigenvalue weighted by molar-refractivity contribution is 7.94. The molecule has 0 aliphatic heterocycles. The van der Waals surface area contributed by atoms with Crippen LogP contribution in [0, 0.1) is 6.92 Å². The number of sulfonamides is 1. The quantitative estimate of drug-likeness (QED) is 0.932. The SMILES string of the molecule is Cc1ccc(S(=O)(=O)Nc2cccc(S(C)(=O)=O)c2)s1. The molecule has 20 heavy (non-hydrogen) atoms. The van der Waals surface area contributed by atoms with E-state index < -0.39 is 19.9 Å². The van der Waals surface area contributed by atoms with Gasteiger partial charge in [0.15, 0.2) is 9.84 Å². The molecule has 0 radical (unpaired) electrons. The van der Waals surface area contributed by atoms with Gasteiger partial charge in [0.2, 0.25) is 0 Å². The van der Waals surface area contributed by atoms with Crippen molar-refractivity contribution in [3.8, 4) is 0 Å². The van der Waals surface area contributed by atoms with Gasteiger partial charge in [-0.2, -0.15) is 0 Å². The molecule has 5 nitrogen and oxygen atoms in total. The number of rotatable bonds is 4. The first-order chi connectivity index (χ1) is 9.18. The Labute approximate surface area is 122 Å². The van der Waals surface area contributed by atoms with E-state index in [1.165, 1.54) is 30.3 Å². The summed E-state index contributed by atoms with van der Waals surface area (Å²) in [6, 6.07) is 8.95. The molecular weight excluding hydrogens is 318 g/mol. The number of benzene rings is 1. The van der Waals surface area contributed by atoms with Crippen LogP contribution >= 0.6 is 11.3 Å². The summed E-state index contributed by atoms with van der Waals surface area (Å²) in [4.78, 5) is 0.954. The van der Waals surface area contributed by atoms with E-state index in [0.717, 1.165) is 22.5 Å². The summed E-state index contributed by atoms with van der Waals surface area (Å²) in [5, 5.41) is 0. The van der Waals surface area contributed by atoms with E-state index in [9.17, 15) is 16.8 Å². The fourth-order valence-electron chi connectivity index (χ4n) is 1.55. The maximum absolute atomic E-state index is 12.1. The summed E-state index contributed by atoms with van der Waals surface area (Å²) in [6.07, 6.45) is 1.07. The molecule has 1 aromatic heterocycles. The zero-order chi connectivity index (χ0) is 15.0. The van der Waals surface area contributed by atoms with Crippen LogP contribution in [0.5, 0.6) is 0 Å². The fourth-order valence-corrected chi connectivity index (χ4v) is 4.55. The van der Waals surface area contributed by atoms with E-state index in [-0.39, 0.29) is 14.8 Å². The first kappa shape index (κ1) is 15.0. The lowest BCUT2D eigenvalue weighted by atomic mass is 10.3. The Morgan fingerprint density at radius 1 is 1.05 bits per heavy atom. The average Bonchev–Trinajstić information content (AvgIpc) is 2.75. The third-order valence-electron chi connectivity index (χ3n) is 2.49. The molecular formula is C12H13NO4S3. The number of sulfone groups is 1. The van der Waals surface area contributed by atoms with Crippen molar-refractivity contribution in [2.24, 2.45) is 0 Å². The van der Waals surface area contributed by atoms with Crippen LogP contribution in [0.3, 0.4) is 0 Å². The summed E-state index contributed by atoms with van der Waals surface area (Å²) < 4.78 is 49.7. The van der Waals surface area contributed by atoms with E-state index in [1.807, 2.05) is 6.92 Å². The topological polar surface area (TPSA) is 80.3 Å². The molecule has 0 saturated carbocycles. The third-order valence-corrected chi connectivity index (χ3v) is 6.48. The fraction of sp³-hybridized carbons (Fsp3) is 0.167. The molecule has 8 heteroatoms. The predicted octanol–water partition coefficient (Wildman–Crippen LogP) is 2.26. The molecule has 0 bridgehead atoms. The molecule has 0 aliphatic rings. The summed E-state index contributed by atoms with van der Waals surface area (Å²) in [7, 11) is -7.05. The van der Waals surface area contributed by atoms with Gasteiger partial charge < -0.3 is 0 Å². The predicted molar refractivity (Wildman–Crippen MR) is 79.4 cm³/mol. The maximum Gasteiger partial charge on any atom is 0.271 e. The van der Waals surface area contributed by atoms with Crippen molar-refractivity contribution in [2.45, 2.75) is 16.0 Å². The second kappa shape index (κ2) is 5.19. The average molecular weight is 331 g/mol. The molecule has 0 fully saturated rings. The number of hydrogen-bond acceptors (Lipinski definition) is 5. The molecule has 1 N–H and O–H groups in total. The summed E-state index contributed by atoms with van der Waals surface area (Å²) in [5.41, 5.74) is 0.221. The monoisotopic (exact) mass is 331 g/mol. The van der Waals surface area contributed by atoms with Gasteiger partial charge in [-0.25, -0.2) is 16.8 Å². The molecule has 0 spiro atoms. The zero-order valence-corrected chi connectivity index (χ0v) is 13.3. The maximum atomic E-state index is 12.1. The highest BCUT2D eigenvalue weighted by atomic mass is 32.2. The Hall–Kier alpha value is -1.38. The van der Waals surface area contributed by atoms with Crippen LogP contribution in [0.4, 0.5) is 5.69 Å². The van der Waals surface area contributed by atoms with Crippen LogP contribution in [-0.2, 0) is 19.9 Å². The van der Waals surface area contributed by atoms with E-state index in [1.54, 1.807) is 6.07 Å². The van der Waals surface area contributed by atoms with Crippen LogP contribution in [0.2, 0.25) is 0 Å². The van der Waals surface area contributed by atoms with Gasteiger partial charge in [-0.1, -0.05) is 6.07 Å². The molecule has 1 aromatic carbocycles. The molecule has 1 heterocycles. The van der Waals surface area contributed by atoms with Gasteiger partial charge in [0, 0.05) is 11.1 Å². The van der Waals surface area contributed by atoms with E-state index in [2.05, 4.69) is 4.72 Å². The third kappa shape index (κ3) is 3.38. The second-order valence-electron chi connectivity index (χ2n) is 4.27. The minimum atomic E-state index is -3.68. The highest BCUT2D eigenvalue weighted by Crippen LogP contribution is 2.24. The minimum absolute atomic E-state index is 0.0695. The Morgan fingerprint density at radius 3 is 2.30 bits per heavy atom. The van der Waals surface area contributed by atoms with Crippen molar-refractivity contribution in [1.82, 2.24) is 0 Å². The Balaban J connectivity index is 2.35. The van der Waals surface area contributed by atoms with Gasteiger partial charge in [-0.3, -0.25) is 4.72 Å².